The summed E-state index contributed by atoms with van der Waals surface area (Å²) in [5, 5.41) is 0. The molecule has 0 amide bonds. The zero-order valence-corrected chi connectivity index (χ0v) is 2.12. The average Bonchev–Trinajstić information content (AvgIpc) is 0. The van der Waals surface area contributed by atoms with Crippen LogP contribution in [-0.2, 0) is 16.5 Å². The fourth-order valence-electron chi connectivity index (χ4n) is 0. The topological polar surface area (TPSA) is 0 Å². The van der Waals surface area contributed by atoms with Crippen LogP contribution in [0.2, 0.25) is 0 Å². The normalized spacial score (nSPS) is 0. The van der Waals surface area contributed by atoms with Crippen LogP contribution in [-0.4, -0.2) is 119 Å². The zero-order valence-electron chi connectivity index (χ0n) is 1.13. The monoisotopic (exact) mass is 204 g/mol. The van der Waals surface area contributed by atoms with Gasteiger partial charge in [-0.05, 0) is 0 Å². The Labute approximate surface area is 140 Å². The third kappa shape index (κ3) is 24.0. The number of hydrogen-bond acceptors (Lipinski definition) is 0. The molecule has 6 heavy (non-hydrogen) atoms. The maximum absolute atomic E-state index is 0. The molecule has 0 bridgehead atoms. The van der Waals surface area contributed by atoms with Crippen molar-refractivity contribution in [3.8, 4) is 0 Å². The first kappa shape index (κ1) is 48.6. The van der Waals surface area contributed by atoms with E-state index in [4.69, 9.17) is 0 Å². The molecule has 0 unspecified atom stereocenters. The summed E-state index contributed by atoms with van der Waals surface area (Å²) in [7, 11) is 0. The summed E-state index contributed by atoms with van der Waals surface area (Å²) in [4.78, 5) is 0. The zero-order chi connectivity index (χ0) is 0. The number of halogens is 2. The third-order valence-corrected chi connectivity index (χ3v) is 0. The Bertz CT molecular complexity index is 13.5. The Balaban J connectivity index is 0. The Kier molecular flexibility index (Phi) is 282. The molecule has 0 aliphatic heterocycles. The summed E-state index contributed by atoms with van der Waals surface area (Å²) in [6.07, 6.45) is 0. The molecule has 0 saturated heterocycles. The van der Waals surface area contributed by atoms with E-state index in [1.807, 2.05) is 0 Å². The quantitative estimate of drug-likeness (QED) is 0.405. The van der Waals surface area contributed by atoms with E-state index < -0.39 is 0 Å². The van der Waals surface area contributed by atoms with Crippen LogP contribution < -0.4 is 0 Å². The maximum Gasteiger partial charge on any atom is 0 e. The van der Waals surface area contributed by atoms with Crippen molar-refractivity contribution in [2.45, 2.75) is 0 Å². The predicted octanol–water partition coefficient (Wildman–Crippen LogP) is -1.91. The van der Waals surface area contributed by atoms with Gasteiger partial charge in [0.25, 0.3) is 0 Å². The van der Waals surface area contributed by atoms with Crippen molar-refractivity contribution in [3.63, 3.8) is 0 Å². The summed E-state index contributed by atoms with van der Waals surface area (Å²) in [5.41, 5.74) is 0. The minimum absolute atomic E-state index is 0. The summed E-state index contributed by atoms with van der Waals surface area (Å²) >= 11 is 0. The van der Waals surface area contributed by atoms with Crippen LogP contribution in [0.1, 0.15) is 0 Å². The second-order valence-corrected chi connectivity index (χ2v) is 0. The summed E-state index contributed by atoms with van der Waals surface area (Å²) in [6, 6.07) is 0. The van der Waals surface area contributed by atoms with Crippen LogP contribution in [0.5, 0.6) is 0 Å². The standard InChI is InChI=1S/Ca.2FH.K.Na.Ni.4H/h;2*1H;;;;;;;. The maximum atomic E-state index is 0. The molecule has 6 heteroatoms. The Morgan fingerprint density at radius 3 is 0.833 bits per heavy atom. The van der Waals surface area contributed by atoms with Crippen LogP contribution >= 0.6 is 0 Å². The van der Waals surface area contributed by atoms with Gasteiger partial charge in [-0.25, -0.2) is 0 Å². The molecule has 0 aromatic rings. The van der Waals surface area contributed by atoms with Gasteiger partial charge >= 0.3 is 119 Å². The van der Waals surface area contributed by atoms with Crippen LogP contribution in [0.25, 0.3) is 0 Å². The second-order valence-electron chi connectivity index (χ2n) is 0. The van der Waals surface area contributed by atoms with Gasteiger partial charge in [0.05, 0.1) is 0 Å². The number of hydrogen-bond donors (Lipinski definition) is 0. The fraction of sp³-hybridized carbons (Fsp3) is 0. The first-order chi connectivity index (χ1) is 0. The molecule has 0 nitrogen and oxygen atoms in total. The van der Waals surface area contributed by atoms with E-state index in [2.05, 4.69) is 0 Å². The number of rotatable bonds is 0. The molecule has 0 rings (SSSR count). The van der Waals surface area contributed by atoms with E-state index in [1.54, 1.807) is 0 Å². The van der Waals surface area contributed by atoms with Crippen LogP contribution in [0.15, 0.2) is 0 Å². The van der Waals surface area contributed by atoms with Gasteiger partial charge in [0.1, 0.15) is 0 Å². The third-order valence-electron chi connectivity index (χ3n) is 0. The van der Waals surface area contributed by atoms with Crippen molar-refractivity contribution in [1.29, 1.82) is 0 Å². The average molecular weight is 205 g/mol. The van der Waals surface area contributed by atoms with Crippen LogP contribution in [0.4, 0.5) is 9.41 Å². The smallest absolute Gasteiger partial charge is 0 e. The molecular weight excluding hydrogens is 199 g/mol. The molecule has 0 atom stereocenters. The van der Waals surface area contributed by atoms with E-state index in [-0.39, 0.29) is 145 Å². The summed E-state index contributed by atoms with van der Waals surface area (Å²) < 4.78 is 0. The Hall–Kier alpha value is 4.25. The van der Waals surface area contributed by atoms with E-state index in [1.165, 1.54) is 0 Å². The van der Waals surface area contributed by atoms with Gasteiger partial charge in [0, 0.05) is 16.5 Å². The van der Waals surface area contributed by atoms with Crippen molar-refractivity contribution >= 4 is 119 Å². The van der Waals surface area contributed by atoms with Crippen molar-refractivity contribution < 1.29 is 25.9 Å². The first-order valence-electron chi connectivity index (χ1n) is 0. The van der Waals surface area contributed by atoms with Crippen molar-refractivity contribution in [3.05, 3.63) is 0 Å². The van der Waals surface area contributed by atoms with Gasteiger partial charge in [-0.2, -0.15) is 0 Å². The molecule has 0 aromatic carbocycles. The van der Waals surface area contributed by atoms with Crippen molar-refractivity contribution in [1.82, 2.24) is 0 Å². The molecule has 0 N–H and O–H groups in total. The molecule has 0 saturated carbocycles. The van der Waals surface area contributed by atoms with E-state index in [9.17, 15) is 0 Å². The molecule has 0 heterocycles. The minimum atomic E-state index is 0. The van der Waals surface area contributed by atoms with E-state index >= 15 is 0 Å². The van der Waals surface area contributed by atoms with E-state index in [0.29, 0.717) is 0 Å². The Morgan fingerprint density at radius 2 is 0.833 bits per heavy atom. The van der Waals surface area contributed by atoms with Crippen LogP contribution in [0.3, 0.4) is 0 Å². The molecule has 0 radical (unpaired) electrons. The molecule has 0 spiro atoms. The van der Waals surface area contributed by atoms with Gasteiger partial charge < -0.3 is 0 Å². The predicted molar refractivity (Wildman–Crippen MR) is 27.8 cm³/mol. The van der Waals surface area contributed by atoms with Gasteiger partial charge in [-0.15, -0.1) is 0 Å². The van der Waals surface area contributed by atoms with E-state index in [0.717, 1.165) is 0 Å². The largest absolute Gasteiger partial charge is 0 e. The summed E-state index contributed by atoms with van der Waals surface area (Å²) in [5.74, 6) is 0. The molecule has 0 aromatic heterocycles. The minimum Gasteiger partial charge on any atom is 0 e. The van der Waals surface area contributed by atoms with Gasteiger partial charge in [0.2, 0.25) is 0 Å². The second kappa shape index (κ2) is 34.9. The summed E-state index contributed by atoms with van der Waals surface area (Å²) in [6.45, 7) is 0. The molecule has 0 aliphatic rings. The fourth-order valence-corrected chi connectivity index (χ4v) is 0. The van der Waals surface area contributed by atoms with Gasteiger partial charge in [-0.3, -0.25) is 9.41 Å². The van der Waals surface area contributed by atoms with Crippen molar-refractivity contribution in [2.75, 3.05) is 0 Å². The van der Waals surface area contributed by atoms with Crippen LogP contribution in [0, 0.1) is 0 Å². The molecule has 0 aliphatic carbocycles. The SMILES string of the molecule is F.F.[CaH2].[KH].[NaH].[Ni]. The first-order valence-corrected chi connectivity index (χ1v) is 0. The molecule has 34 valence electrons. The molecule has 0 fully saturated rings. The molecular formula is H6CaF2KNaNi. The Morgan fingerprint density at radius 1 is 0.833 bits per heavy atom. The van der Waals surface area contributed by atoms with Gasteiger partial charge in [-0.1, -0.05) is 0 Å². The van der Waals surface area contributed by atoms with Crippen molar-refractivity contribution in [2.24, 2.45) is 0 Å². The van der Waals surface area contributed by atoms with Gasteiger partial charge in [0.15, 0.2) is 0 Å².